The van der Waals surface area contributed by atoms with E-state index in [2.05, 4.69) is 23.5 Å². The fraction of sp³-hybridized carbons (Fsp3) is 0.0741. The van der Waals surface area contributed by atoms with Crippen molar-refractivity contribution in [1.29, 1.82) is 0 Å². The molecule has 1 unspecified atom stereocenters. The minimum absolute atomic E-state index is 0.0103. The van der Waals surface area contributed by atoms with Crippen LogP contribution in [0.15, 0.2) is 115 Å². The summed E-state index contributed by atoms with van der Waals surface area (Å²) in [5.41, 5.74) is 3.99. The average molecular weight is 390 g/mol. The van der Waals surface area contributed by atoms with E-state index in [0.29, 0.717) is 6.42 Å². The highest BCUT2D eigenvalue weighted by molar-refractivity contribution is 6.12. The third-order valence-electron chi connectivity index (χ3n) is 5.63. The molecule has 146 valence electrons. The minimum atomic E-state index is -0.738. The van der Waals surface area contributed by atoms with Gasteiger partial charge in [-0.3, -0.25) is 9.69 Å². The first-order valence-corrected chi connectivity index (χ1v) is 10.1. The molecule has 1 amide bonds. The zero-order valence-corrected chi connectivity index (χ0v) is 16.5. The second-order valence-corrected chi connectivity index (χ2v) is 7.54. The lowest BCUT2D eigenvalue weighted by molar-refractivity contribution is 0.0980. The molecule has 1 aliphatic heterocycles. The summed E-state index contributed by atoms with van der Waals surface area (Å²) < 4.78 is 0. The molecule has 1 aliphatic rings. The number of para-hydroxylation sites is 2. The highest BCUT2D eigenvalue weighted by Gasteiger charge is 2.50. The molecular weight excluding hydrogens is 368 g/mol. The van der Waals surface area contributed by atoms with Gasteiger partial charge in [0.25, 0.3) is 5.91 Å². The number of carbonyl (C=O) groups excluding carboxylic acids is 1. The van der Waals surface area contributed by atoms with Crippen LogP contribution in [0.1, 0.15) is 21.5 Å². The lowest BCUT2D eigenvalue weighted by Crippen LogP contribution is -2.51. The normalized spacial score (nSPS) is 17.6. The van der Waals surface area contributed by atoms with Crippen molar-refractivity contribution in [1.82, 2.24) is 0 Å². The van der Waals surface area contributed by atoms with E-state index in [1.165, 1.54) is 0 Å². The van der Waals surface area contributed by atoms with E-state index < -0.39 is 5.66 Å². The predicted molar refractivity (Wildman–Crippen MR) is 122 cm³/mol. The van der Waals surface area contributed by atoms with Crippen LogP contribution in [-0.4, -0.2) is 5.91 Å². The maximum Gasteiger partial charge on any atom is 0.260 e. The monoisotopic (exact) mass is 390 g/mol. The van der Waals surface area contributed by atoms with Crippen molar-refractivity contribution in [2.24, 2.45) is 0 Å². The fourth-order valence-electron chi connectivity index (χ4n) is 4.35. The highest BCUT2D eigenvalue weighted by atomic mass is 16.2. The summed E-state index contributed by atoms with van der Waals surface area (Å²) in [5.74, 6) is 0.0103. The van der Waals surface area contributed by atoms with E-state index in [1.807, 2.05) is 102 Å². The molecule has 0 fully saturated rings. The predicted octanol–water partition coefficient (Wildman–Crippen LogP) is 5.85. The number of hydrogen-bond acceptors (Lipinski definition) is 2. The number of rotatable bonds is 5. The number of benzene rings is 4. The number of amides is 1. The molecule has 5 rings (SSSR count). The summed E-state index contributed by atoms with van der Waals surface area (Å²) >= 11 is 0. The molecule has 0 bridgehead atoms. The van der Waals surface area contributed by atoms with Crippen LogP contribution in [0.5, 0.6) is 0 Å². The van der Waals surface area contributed by atoms with Gasteiger partial charge in [-0.1, -0.05) is 84.9 Å². The molecule has 1 heterocycles. The molecule has 30 heavy (non-hydrogen) atoms. The van der Waals surface area contributed by atoms with Crippen molar-refractivity contribution in [2.75, 3.05) is 10.2 Å². The molecule has 0 aromatic heterocycles. The van der Waals surface area contributed by atoms with E-state index >= 15 is 0 Å². The lowest BCUT2D eigenvalue weighted by atomic mass is 9.90. The number of nitrogens with zero attached hydrogens (tertiary/aromatic N) is 1. The Hall–Kier alpha value is -3.85. The largest absolute Gasteiger partial charge is 0.358 e. The van der Waals surface area contributed by atoms with Crippen LogP contribution in [0.4, 0.5) is 11.4 Å². The Morgan fingerprint density at radius 1 is 0.667 bits per heavy atom. The van der Waals surface area contributed by atoms with Gasteiger partial charge in [-0.15, -0.1) is 0 Å². The van der Waals surface area contributed by atoms with Gasteiger partial charge in [-0.25, -0.2) is 0 Å². The maximum atomic E-state index is 13.7. The first-order valence-electron chi connectivity index (χ1n) is 10.1. The summed E-state index contributed by atoms with van der Waals surface area (Å²) in [5, 5.41) is 3.74. The average Bonchev–Trinajstić information content (AvgIpc) is 3.04. The summed E-state index contributed by atoms with van der Waals surface area (Å²) in [6, 6.07) is 38.3. The molecular formula is C27H22N2O. The van der Waals surface area contributed by atoms with Gasteiger partial charge in [0.1, 0.15) is 5.66 Å². The van der Waals surface area contributed by atoms with Gasteiger partial charge in [0, 0.05) is 28.9 Å². The Balaban J connectivity index is 1.75. The van der Waals surface area contributed by atoms with Crippen LogP contribution in [0.25, 0.3) is 0 Å². The van der Waals surface area contributed by atoms with Gasteiger partial charge in [0.05, 0.1) is 0 Å². The van der Waals surface area contributed by atoms with Crippen LogP contribution in [0, 0.1) is 0 Å². The van der Waals surface area contributed by atoms with Gasteiger partial charge in [0.15, 0.2) is 0 Å². The Morgan fingerprint density at radius 2 is 1.23 bits per heavy atom. The standard InChI is InChI=1S/C27H22N2O/c30-26-24-18-10-11-19-25(24)27(20-21-12-4-1-5-13-21,28-22-14-6-2-7-15-22)29(26)23-16-8-3-9-17-23/h1-19,28H,20H2. The third-order valence-corrected chi connectivity index (χ3v) is 5.63. The molecule has 0 aliphatic carbocycles. The summed E-state index contributed by atoms with van der Waals surface area (Å²) in [7, 11) is 0. The zero-order valence-electron chi connectivity index (χ0n) is 16.5. The number of fused-ring (bicyclic) bond motifs is 1. The van der Waals surface area contributed by atoms with Gasteiger partial charge < -0.3 is 5.32 Å². The molecule has 1 N–H and O–H groups in total. The number of hydrogen-bond donors (Lipinski definition) is 1. The number of anilines is 2. The van der Waals surface area contributed by atoms with Crippen LogP contribution < -0.4 is 10.2 Å². The topological polar surface area (TPSA) is 32.3 Å². The lowest BCUT2D eigenvalue weighted by Gasteiger charge is -2.41. The van der Waals surface area contributed by atoms with Gasteiger partial charge >= 0.3 is 0 Å². The van der Waals surface area contributed by atoms with Crippen molar-refractivity contribution < 1.29 is 4.79 Å². The van der Waals surface area contributed by atoms with Crippen molar-refractivity contribution in [2.45, 2.75) is 12.1 Å². The quantitative estimate of drug-likeness (QED) is 0.463. The minimum Gasteiger partial charge on any atom is -0.358 e. The first kappa shape index (κ1) is 18.2. The maximum absolute atomic E-state index is 13.7. The highest BCUT2D eigenvalue weighted by Crippen LogP contribution is 2.44. The Bertz CT molecular complexity index is 1120. The summed E-state index contributed by atoms with van der Waals surface area (Å²) in [6.07, 6.45) is 0.639. The van der Waals surface area contributed by atoms with E-state index in [-0.39, 0.29) is 5.91 Å². The molecule has 4 aromatic rings. The number of carbonyl (C=O) groups is 1. The second kappa shape index (κ2) is 7.53. The first-order chi connectivity index (χ1) is 14.8. The van der Waals surface area contributed by atoms with Crippen LogP contribution >= 0.6 is 0 Å². The summed E-state index contributed by atoms with van der Waals surface area (Å²) in [6.45, 7) is 0. The molecule has 0 saturated heterocycles. The third kappa shape index (κ3) is 3.05. The van der Waals surface area contributed by atoms with E-state index in [1.54, 1.807) is 0 Å². The van der Waals surface area contributed by atoms with Crippen molar-refractivity contribution >= 4 is 17.3 Å². The molecule has 0 radical (unpaired) electrons. The molecule has 4 aromatic carbocycles. The van der Waals surface area contributed by atoms with Gasteiger partial charge in [-0.05, 0) is 35.9 Å². The van der Waals surface area contributed by atoms with E-state index in [9.17, 15) is 4.79 Å². The SMILES string of the molecule is O=C1c2ccccc2C(Cc2ccccc2)(Nc2ccccc2)N1c1ccccc1. The van der Waals surface area contributed by atoms with Crippen molar-refractivity contribution in [3.63, 3.8) is 0 Å². The molecule has 1 atom stereocenters. The summed E-state index contributed by atoms with van der Waals surface area (Å²) in [4.78, 5) is 15.6. The molecule has 3 heteroatoms. The van der Waals surface area contributed by atoms with Crippen LogP contribution in [-0.2, 0) is 12.1 Å². The van der Waals surface area contributed by atoms with Crippen LogP contribution in [0.2, 0.25) is 0 Å². The second-order valence-electron chi connectivity index (χ2n) is 7.54. The Kier molecular flexibility index (Phi) is 4.56. The molecule has 0 spiro atoms. The molecule has 3 nitrogen and oxygen atoms in total. The Morgan fingerprint density at radius 3 is 1.93 bits per heavy atom. The van der Waals surface area contributed by atoms with Crippen LogP contribution in [0.3, 0.4) is 0 Å². The number of nitrogens with one attached hydrogen (secondary N) is 1. The smallest absolute Gasteiger partial charge is 0.260 e. The Labute approximate surface area is 176 Å². The van der Waals surface area contributed by atoms with Gasteiger partial charge in [0.2, 0.25) is 0 Å². The molecule has 0 saturated carbocycles. The van der Waals surface area contributed by atoms with Crippen molar-refractivity contribution in [3.05, 3.63) is 132 Å². The van der Waals surface area contributed by atoms with E-state index in [0.717, 1.165) is 28.1 Å². The van der Waals surface area contributed by atoms with Gasteiger partial charge in [-0.2, -0.15) is 0 Å². The fourth-order valence-corrected chi connectivity index (χ4v) is 4.35. The zero-order chi connectivity index (χ0) is 20.4. The van der Waals surface area contributed by atoms with Crippen molar-refractivity contribution in [3.8, 4) is 0 Å². The van der Waals surface area contributed by atoms with E-state index in [4.69, 9.17) is 0 Å².